The van der Waals surface area contributed by atoms with Gasteiger partial charge in [0.1, 0.15) is 6.07 Å². The fraction of sp³-hybridized carbons (Fsp3) is 0.125. The lowest BCUT2D eigenvalue weighted by Crippen LogP contribution is -2.03. The van der Waals surface area contributed by atoms with Crippen molar-refractivity contribution in [1.82, 2.24) is 9.97 Å². The molecular weight excluding hydrogens is 216 g/mol. The molecule has 0 saturated carbocycles. The molecule has 0 spiro atoms. The third kappa shape index (κ3) is 3.36. The molecule has 78 valence electrons. The first kappa shape index (κ1) is 11.1. The van der Waals surface area contributed by atoms with Gasteiger partial charge >= 0.3 is 0 Å². The number of rotatable bonds is 3. The zero-order chi connectivity index (χ0) is 11.3. The number of nitrogens with one attached hydrogen (secondary N) is 1. The second-order valence-electron chi connectivity index (χ2n) is 2.61. The SMILES string of the molecule is CS(=O)(=O)C(C#N)=CNc1ncccn1. The molecule has 1 aromatic rings. The molecule has 1 aromatic heterocycles. The lowest BCUT2D eigenvalue weighted by molar-refractivity contribution is 0.608. The van der Waals surface area contributed by atoms with Crippen LogP contribution in [0, 0.1) is 11.3 Å². The minimum atomic E-state index is -3.50. The normalized spacial score (nSPS) is 11.9. The Morgan fingerprint density at radius 1 is 1.53 bits per heavy atom. The number of hydrogen-bond acceptors (Lipinski definition) is 6. The van der Waals surface area contributed by atoms with Crippen LogP contribution < -0.4 is 5.32 Å². The van der Waals surface area contributed by atoms with Crippen LogP contribution in [-0.4, -0.2) is 24.6 Å². The second-order valence-corrected chi connectivity index (χ2v) is 4.59. The van der Waals surface area contributed by atoms with Crippen LogP contribution in [-0.2, 0) is 9.84 Å². The van der Waals surface area contributed by atoms with Gasteiger partial charge in [-0.25, -0.2) is 18.4 Å². The van der Waals surface area contributed by atoms with Crippen molar-refractivity contribution in [2.24, 2.45) is 0 Å². The Labute approximate surface area is 87.2 Å². The summed E-state index contributed by atoms with van der Waals surface area (Å²) < 4.78 is 22.0. The summed E-state index contributed by atoms with van der Waals surface area (Å²) in [5.74, 6) is 0.230. The number of hydrogen-bond donors (Lipinski definition) is 1. The summed E-state index contributed by atoms with van der Waals surface area (Å²) in [5, 5.41) is 11.1. The van der Waals surface area contributed by atoms with Crippen LogP contribution >= 0.6 is 0 Å². The molecule has 0 aliphatic rings. The average molecular weight is 224 g/mol. The lowest BCUT2D eigenvalue weighted by Gasteiger charge is -1.98. The summed E-state index contributed by atoms with van der Waals surface area (Å²) >= 11 is 0. The van der Waals surface area contributed by atoms with E-state index in [1.165, 1.54) is 12.4 Å². The van der Waals surface area contributed by atoms with E-state index in [0.717, 1.165) is 12.5 Å². The van der Waals surface area contributed by atoms with Crippen molar-refractivity contribution in [1.29, 1.82) is 5.26 Å². The highest BCUT2D eigenvalue weighted by atomic mass is 32.2. The Morgan fingerprint density at radius 3 is 2.60 bits per heavy atom. The average Bonchev–Trinajstić information content (AvgIpc) is 2.18. The molecular formula is C8H8N4O2S. The van der Waals surface area contributed by atoms with E-state index >= 15 is 0 Å². The van der Waals surface area contributed by atoms with Crippen molar-refractivity contribution < 1.29 is 8.42 Å². The molecule has 6 nitrogen and oxygen atoms in total. The summed E-state index contributed by atoms with van der Waals surface area (Å²) in [6, 6.07) is 3.19. The predicted octanol–water partition coefficient (Wildman–Crippen LogP) is 0.298. The van der Waals surface area contributed by atoms with E-state index in [4.69, 9.17) is 5.26 Å². The van der Waals surface area contributed by atoms with Gasteiger partial charge in [-0.3, -0.25) is 0 Å². The predicted molar refractivity (Wildman–Crippen MR) is 54.2 cm³/mol. The molecule has 0 fully saturated rings. The smallest absolute Gasteiger partial charge is 0.226 e. The van der Waals surface area contributed by atoms with Gasteiger partial charge in [0.2, 0.25) is 5.95 Å². The molecule has 7 heteroatoms. The van der Waals surface area contributed by atoms with Gasteiger partial charge in [-0.1, -0.05) is 0 Å². The summed E-state index contributed by atoms with van der Waals surface area (Å²) in [4.78, 5) is 7.23. The highest BCUT2D eigenvalue weighted by Gasteiger charge is 2.09. The Hall–Kier alpha value is -1.94. The first-order chi connectivity index (χ1) is 7.04. The van der Waals surface area contributed by atoms with Gasteiger partial charge in [-0.15, -0.1) is 0 Å². The minimum absolute atomic E-state index is 0.230. The molecule has 0 aliphatic carbocycles. The topological polar surface area (TPSA) is 95.7 Å². The van der Waals surface area contributed by atoms with Crippen LogP contribution in [0.4, 0.5) is 5.95 Å². The molecule has 0 amide bonds. The molecule has 0 radical (unpaired) electrons. The quantitative estimate of drug-likeness (QED) is 0.742. The van der Waals surface area contributed by atoms with Crippen LogP contribution in [0.2, 0.25) is 0 Å². The molecule has 0 aliphatic heterocycles. The largest absolute Gasteiger partial charge is 0.329 e. The maximum absolute atomic E-state index is 11.0. The molecule has 15 heavy (non-hydrogen) atoms. The van der Waals surface area contributed by atoms with Crippen molar-refractivity contribution in [3.63, 3.8) is 0 Å². The van der Waals surface area contributed by atoms with E-state index in [9.17, 15) is 8.42 Å². The summed E-state index contributed by atoms with van der Waals surface area (Å²) in [6.45, 7) is 0. The lowest BCUT2D eigenvalue weighted by atomic mass is 10.6. The fourth-order valence-electron chi connectivity index (χ4n) is 0.726. The number of aromatic nitrogens is 2. The number of allylic oxidation sites excluding steroid dienone is 1. The maximum Gasteiger partial charge on any atom is 0.226 e. The molecule has 0 aromatic carbocycles. The molecule has 0 atom stereocenters. The molecule has 1 N–H and O–H groups in total. The highest BCUT2D eigenvalue weighted by Crippen LogP contribution is 2.03. The van der Waals surface area contributed by atoms with E-state index in [1.807, 2.05) is 0 Å². The second kappa shape index (κ2) is 4.52. The maximum atomic E-state index is 11.0. The van der Waals surface area contributed by atoms with Crippen LogP contribution in [0.1, 0.15) is 0 Å². The third-order valence-corrected chi connectivity index (χ3v) is 2.42. The monoisotopic (exact) mass is 224 g/mol. The number of nitriles is 1. The summed E-state index contributed by atoms with van der Waals surface area (Å²) in [7, 11) is -3.50. The molecule has 1 rings (SSSR count). The summed E-state index contributed by atoms with van der Waals surface area (Å²) in [5.41, 5.74) is 0. The summed E-state index contributed by atoms with van der Waals surface area (Å²) in [6.07, 6.45) is 5.01. The van der Waals surface area contributed by atoms with Gasteiger partial charge in [0.25, 0.3) is 0 Å². The fourth-order valence-corrected chi connectivity index (χ4v) is 1.16. The van der Waals surface area contributed by atoms with Gasteiger partial charge in [0, 0.05) is 24.8 Å². The standard InChI is InChI=1S/C8H8N4O2S/c1-15(13,14)7(5-9)6-12-8-10-3-2-4-11-8/h2-4,6H,1H3,(H,10,11,12). The van der Waals surface area contributed by atoms with Gasteiger partial charge < -0.3 is 5.32 Å². The van der Waals surface area contributed by atoms with Crippen LogP contribution in [0.5, 0.6) is 0 Å². The van der Waals surface area contributed by atoms with Crippen LogP contribution in [0.25, 0.3) is 0 Å². The molecule has 0 bridgehead atoms. The zero-order valence-electron chi connectivity index (χ0n) is 7.88. The van der Waals surface area contributed by atoms with Crippen molar-refractivity contribution in [2.75, 3.05) is 11.6 Å². The minimum Gasteiger partial charge on any atom is -0.329 e. The van der Waals surface area contributed by atoms with Crippen LogP contribution in [0.3, 0.4) is 0 Å². The van der Waals surface area contributed by atoms with E-state index in [0.29, 0.717) is 0 Å². The van der Waals surface area contributed by atoms with Gasteiger partial charge in [0.15, 0.2) is 14.7 Å². The first-order valence-corrected chi connectivity index (χ1v) is 5.77. The number of anilines is 1. The number of nitrogens with zero attached hydrogens (tertiary/aromatic N) is 3. The van der Waals surface area contributed by atoms with E-state index < -0.39 is 9.84 Å². The van der Waals surface area contributed by atoms with Crippen molar-refractivity contribution in [3.8, 4) is 6.07 Å². The van der Waals surface area contributed by atoms with Crippen molar-refractivity contribution >= 4 is 15.8 Å². The number of sulfone groups is 1. The van der Waals surface area contributed by atoms with E-state index in [2.05, 4.69) is 15.3 Å². The highest BCUT2D eigenvalue weighted by molar-refractivity contribution is 7.94. The molecule has 0 saturated heterocycles. The molecule has 1 heterocycles. The Balaban J connectivity index is 2.87. The Kier molecular flexibility index (Phi) is 3.36. The Morgan fingerprint density at radius 2 is 2.13 bits per heavy atom. The van der Waals surface area contributed by atoms with Gasteiger partial charge in [0.05, 0.1) is 0 Å². The van der Waals surface area contributed by atoms with Crippen molar-refractivity contribution in [2.45, 2.75) is 0 Å². The Bertz CT molecular complexity index is 501. The van der Waals surface area contributed by atoms with E-state index in [-0.39, 0.29) is 10.9 Å². The zero-order valence-corrected chi connectivity index (χ0v) is 8.69. The van der Waals surface area contributed by atoms with Gasteiger partial charge in [-0.05, 0) is 6.07 Å². The molecule has 0 unspecified atom stereocenters. The van der Waals surface area contributed by atoms with Crippen LogP contribution in [0.15, 0.2) is 29.6 Å². The van der Waals surface area contributed by atoms with Gasteiger partial charge in [-0.2, -0.15) is 5.26 Å². The van der Waals surface area contributed by atoms with E-state index in [1.54, 1.807) is 12.1 Å². The van der Waals surface area contributed by atoms with Crippen molar-refractivity contribution in [3.05, 3.63) is 29.6 Å². The third-order valence-electron chi connectivity index (χ3n) is 1.41. The first-order valence-electron chi connectivity index (χ1n) is 3.88.